The van der Waals surface area contributed by atoms with Crippen LogP contribution in [-0.2, 0) is 4.79 Å². The van der Waals surface area contributed by atoms with Crippen LogP contribution in [0.2, 0.25) is 0 Å². The molecular formula is C23H23F2N5O. The molecule has 0 bridgehead atoms. The molecule has 1 amide bonds. The summed E-state index contributed by atoms with van der Waals surface area (Å²) in [5, 5.41) is 12.2. The summed E-state index contributed by atoms with van der Waals surface area (Å²) in [7, 11) is 0. The number of nitrogens with two attached hydrogens (primary N) is 1. The molecule has 0 fully saturated rings. The number of carbonyl (C=O) groups excluding carboxylic acids is 1. The number of nitriles is 1. The van der Waals surface area contributed by atoms with Crippen LogP contribution in [0.4, 0.5) is 20.2 Å². The lowest BCUT2D eigenvalue weighted by Gasteiger charge is -2.29. The molecule has 160 valence electrons. The van der Waals surface area contributed by atoms with E-state index in [4.69, 9.17) is 11.0 Å². The van der Waals surface area contributed by atoms with Crippen molar-refractivity contribution in [1.82, 2.24) is 4.90 Å². The summed E-state index contributed by atoms with van der Waals surface area (Å²) < 4.78 is 27.0. The molecule has 1 atom stereocenters. The average Bonchev–Trinajstić information content (AvgIpc) is 3.31. The van der Waals surface area contributed by atoms with Crippen LogP contribution in [0, 0.1) is 23.0 Å². The zero-order valence-electron chi connectivity index (χ0n) is 16.9. The molecule has 1 unspecified atom stereocenters. The van der Waals surface area contributed by atoms with Crippen molar-refractivity contribution in [1.29, 1.82) is 5.26 Å². The standard InChI is InChI=1S/C23H23F2N5O/c24-20-7-6-18(10-21(20)25)30-13-16-12-29(14-19(16)22(30)23(27)31)9-1-8-28-17-4-2-15(11-26)3-5-17/h2-7,10,22,28H,1,8-9,12-14H2,(H2,27,31). The normalized spacial score (nSPS) is 18.2. The van der Waals surface area contributed by atoms with Crippen LogP contribution < -0.4 is 16.0 Å². The molecule has 4 rings (SSSR count). The van der Waals surface area contributed by atoms with E-state index in [2.05, 4.69) is 16.3 Å². The molecule has 0 aliphatic carbocycles. The van der Waals surface area contributed by atoms with Gasteiger partial charge in [-0.1, -0.05) is 0 Å². The summed E-state index contributed by atoms with van der Waals surface area (Å²) in [4.78, 5) is 16.2. The molecule has 0 spiro atoms. The van der Waals surface area contributed by atoms with Gasteiger partial charge in [0.05, 0.1) is 11.6 Å². The number of anilines is 2. The van der Waals surface area contributed by atoms with Crippen molar-refractivity contribution in [2.45, 2.75) is 12.5 Å². The van der Waals surface area contributed by atoms with E-state index in [-0.39, 0.29) is 0 Å². The Kier molecular flexibility index (Phi) is 5.87. The van der Waals surface area contributed by atoms with Crippen LogP contribution in [0.15, 0.2) is 53.6 Å². The Labute approximate surface area is 179 Å². The summed E-state index contributed by atoms with van der Waals surface area (Å²) in [6.07, 6.45) is 0.911. The molecular weight excluding hydrogens is 400 g/mol. The van der Waals surface area contributed by atoms with Gasteiger partial charge >= 0.3 is 0 Å². The highest BCUT2D eigenvalue weighted by Crippen LogP contribution is 2.35. The van der Waals surface area contributed by atoms with Crippen molar-refractivity contribution >= 4 is 17.3 Å². The Morgan fingerprint density at radius 3 is 2.58 bits per heavy atom. The van der Waals surface area contributed by atoms with Gasteiger partial charge in [0.15, 0.2) is 11.6 Å². The van der Waals surface area contributed by atoms with E-state index in [0.29, 0.717) is 24.3 Å². The van der Waals surface area contributed by atoms with E-state index in [1.165, 1.54) is 6.07 Å². The van der Waals surface area contributed by atoms with Gasteiger partial charge in [-0.25, -0.2) is 8.78 Å². The second-order valence-electron chi connectivity index (χ2n) is 7.84. The SMILES string of the molecule is N#Cc1ccc(NCCCN2CC3=C(C2)C(C(N)=O)N(c2ccc(F)c(F)c2)C3)cc1. The number of nitrogens with zero attached hydrogens (tertiary/aromatic N) is 3. The lowest BCUT2D eigenvalue weighted by Crippen LogP contribution is -2.45. The molecule has 6 nitrogen and oxygen atoms in total. The predicted molar refractivity (Wildman–Crippen MR) is 114 cm³/mol. The minimum Gasteiger partial charge on any atom is -0.385 e. The zero-order chi connectivity index (χ0) is 22.0. The number of hydrogen-bond acceptors (Lipinski definition) is 5. The maximum atomic E-state index is 13.7. The van der Waals surface area contributed by atoms with Crippen molar-refractivity contribution in [2.75, 3.05) is 42.9 Å². The number of amides is 1. The lowest BCUT2D eigenvalue weighted by molar-refractivity contribution is -0.118. The second-order valence-corrected chi connectivity index (χ2v) is 7.84. The molecule has 2 aliphatic heterocycles. The third kappa shape index (κ3) is 4.37. The Hall–Kier alpha value is -3.44. The van der Waals surface area contributed by atoms with Crippen molar-refractivity contribution in [3.63, 3.8) is 0 Å². The van der Waals surface area contributed by atoms with Crippen molar-refractivity contribution in [2.24, 2.45) is 5.73 Å². The van der Waals surface area contributed by atoms with E-state index < -0.39 is 23.6 Å². The largest absolute Gasteiger partial charge is 0.385 e. The second kappa shape index (κ2) is 8.74. The highest BCUT2D eigenvalue weighted by molar-refractivity contribution is 5.89. The van der Waals surface area contributed by atoms with Crippen LogP contribution in [-0.4, -0.2) is 49.6 Å². The summed E-state index contributed by atoms with van der Waals surface area (Å²) >= 11 is 0. The fraction of sp³-hybridized carbons (Fsp3) is 0.304. The van der Waals surface area contributed by atoms with E-state index in [9.17, 15) is 13.6 Å². The number of nitrogens with one attached hydrogen (secondary N) is 1. The molecule has 0 saturated carbocycles. The van der Waals surface area contributed by atoms with Crippen molar-refractivity contribution < 1.29 is 13.6 Å². The number of halogens is 2. The number of carbonyl (C=O) groups is 1. The minimum absolute atomic E-state index is 0.454. The Bertz CT molecular complexity index is 1060. The summed E-state index contributed by atoms with van der Waals surface area (Å²) in [6.45, 7) is 3.49. The third-order valence-corrected chi connectivity index (χ3v) is 5.76. The first-order valence-electron chi connectivity index (χ1n) is 10.1. The average molecular weight is 423 g/mol. The monoisotopic (exact) mass is 423 g/mol. The topological polar surface area (TPSA) is 85.4 Å². The molecule has 3 N–H and O–H groups in total. The summed E-state index contributed by atoms with van der Waals surface area (Å²) in [5.74, 6) is -2.34. The Morgan fingerprint density at radius 2 is 1.90 bits per heavy atom. The number of benzene rings is 2. The number of hydrogen-bond donors (Lipinski definition) is 2. The molecule has 0 saturated heterocycles. The molecule has 31 heavy (non-hydrogen) atoms. The molecule has 2 aromatic carbocycles. The number of primary amides is 1. The van der Waals surface area contributed by atoms with Gasteiger partial charge in [-0.15, -0.1) is 0 Å². The third-order valence-electron chi connectivity index (χ3n) is 5.76. The summed E-state index contributed by atoms with van der Waals surface area (Å²) in [5.41, 5.74) is 9.81. The van der Waals surface area contributed by atoms with Crippen LogP contribution in [0.1, 0.15) is 12.0 Å². The fourth-order valence-corrected chi connectivity index (χ4v) is 4.28. The van der Waals surface area contributed by atoms with Gasteiger partial charge in [0, 0.05) is 50.2 Å². The maximum Gasteiger partial charge on any atom is 0.244 e. The van der Waals surface area contributed by atoms with Gasteiger partial charge in [0.25, 0.3) is 0 Å². The van der Waals surface area contributed by atoms with E-state index in [0.717, 1.165) is 55.0 Å². The van der Waals surface area contributed by atoms with E-state index >= 15 is 0 Å². The molecule has 0 aromatic heterocycles. The van der Waals surface area contributed by atoms with E-state index in [1.54, 1.807) is 17.0 Å². The van der Waals surface area contributed by atoms with Crippen LogP contribution >= 0.6 is 0 Å². The summed E-state index contributed by atoms with van der Waals surface area (Å²) in [6, 6.07) is 12.4. The van der Waals surface area contributed by atoms with Gasteiger partial charge in [0.1, 0.15) is 6.04 Å². The highest BCUT2D eigenvalue weighted by Gasteiger charge is 2.40. The van der Waals surface area contributed by atoms with Gasteiger partial charge < -0.3 is 16.0 Å². The van der Waals surface area contributed by atoms with Crippen molar-refractivity contribution in [3.8, 4) is 6.07 Å². The molecule has 2 heterocycles. The van der Waals surface area contributed by atoms with Gasteiger partial charge in [-0.2, -0.15) is 5.26 Å². The van der Waals surface area contributed by atoms with Crippen LogP contribution in [0.3, 0.4) is 0 Å². The minimum atomic E-state index is -0.941. The van der Waals surface area contributed by atoms with Crippen molar-refractivity contribution in [3.05, 3.63) is 70.8 Å². The fourth-order valence-electron chi connectivity index (χ4n) is 4.28. The Balaban J connectivity index is 1.31. The molecule has 8 heteroatoms. The predicted octanol–water partition coefficient (Wildman–Crippen LogP) is 2.62. The van der Waals surface area contributed by atoms with E-state index in [1.807, 2.05) is 12.1 Å². The van der Waals surface area contributed by atoms with Crippen LogP contribution in [0.25, 0.3) is 0 Å². The van der Waals surface area contributed by atoms with Gasteiger partial charge in [-0.3, -0.25) is 9.69 Å². The lowest BCUT2D eigenvalue weighted by atomic mass is 10.1. The molecule has 2 aromatic rings. The highest BCUT2D eigenvalue weighted by atomic mass is 19.2. The first kappa shape index (κ1) is 20.8. The quantitative estimate of drug-likeness (QED) is 0.528. The smallest absolute Gasteiger partial charge is 0.244 e. The van der Waals surface area contributed by atoms with Gasteiger partial charge in [0.2, 0.25) is 5.91 Å². The Morgan fingerprint density at radius 1 is 1.13 bits per heavy atom. The van der Waals surface area contributed by atoms with Gasteiger partial charge in [-0.05, 0) is 54.0 Å². The zero-order valence-corrected chi connectivity index (χ0v) is 16.9. The maximum absolute atomic E-state index is 13.7. The molecule has 2 aliphatic rings. The number of rotatable bonds is 7. The molecule has 0 radical (unpaired) electrons. The first-order chi connectivity index (χ1) is 15.0. The first-order valence-corrected chi connectivity index (χ1v) is 10.1. The van der Waals surface area contributed by atoms with Crippen LogP contribution in [0.5, 0.6) is 0 Å².